The van der Waals surface area contributed by atoms with E-state index in [4.69, 9.17) is 22.1 Å². The van der Waals surface area contributed by atoms with Crippen LogP contribution in [0.4, 0.5) is 11.4 Å². The molecule has 18 heavy (non-hydrogen) atoms. The van der Waals surface area contributed by atoms with Crippen LogP contribution in [0.5, 0.6) is 0 Å². The van der Waals surface area contributed by atoms with Gasteiger partial charge in [0.25, 0.3) is 0 Å². The number of nitrogens with zero attached hydrogens (tertiary/aromatic N) is 1. The Morgan fingerprint density at radius 1 is 1.44 bits per heavy atom. The topological polar surface area (TPSA) is 38.5 Å². The highest BCUT2D eigenvalue weighted by Crippen LogP contribution is 2.36. The predicted octanol–water partition coefficient (Wildman–Crippen LogP) is 3.32. The number of methoxy groups -OCH3 is 1. The fourth-order valence-electron chi connectivity index (χ4n) is 2.68. The molecule has 0 spiro atoms. The van der Waals surface area contributed by atoms with Crippen LogP contribution in [-0.2, 0) is 4.74 Å². The molecule has 100 valence electrons. The van der Waals surface area contributed by atoms with Gasteiger partial charge in [0.1, 0.15) is 0 Å². The van der Waals surface area contributed by atoms with Gasteiger partial charge < -0.3 is 15.4 Å². The first-order valence-corrected chi connectivity index (χ1v) is 6.91. The summed E-state index contributed by atoms with van der Waals surface area (Å²) in [6.45, 7) is 1.81. The Morgan fingerprint density at radius 3 is 3.00 bits per heavy atom. The van der Waals surface area contributed by atoms with Gasteiger partial charge in [-0.3, -0.25) is 0 Å². The molecular formula is C14H21ClN2O. The standard InChI is InChI=1S/C14H21ClN2O/c1-18-10-8-11-5-2-3-9-17(11)14-12(15)6-4-7-13(14)16/h4,6-7,11H,2-3,5,8-10,16H2,1H3. The van der Waals surface area contributed by atoms with Gasteiger partial charge >= 0.3 is 0 Å². The van der Waals surface area contributed by atoms with Crippen LogP contribution in [0.1, 0.15) is 25.7 Å². The van der Waals surface area contributed by atoms with E-state index in [2.05, 4.69) is 4.90 Å². The van der Waals surface area contributed by atoms with Gasteiger partial charge in [0, 0.05) is 26.3 Å². The molecule has 1 aliphatic heterocycles. The third-order valence-corrected chi connectivity index (χ3v) is 3.89. The van der Waals surface area contributed by atoms with E-state index < -0.39 is 0 Å². The van der Waals surface area contributed by atoms with E-state index >= 15 is 0 Å². The van der Waals surface area contributed by atoms with E-state index in [0.29, 0.717) is 6.04 Å². The lowest BCUT2D eigenvalue weighted by Crippen LogP contribution is -2.40. The highest BCUT2D eigenvalue weighted by molar-refractivity contribution is 6.34. The lowest BCUT2D eigenvalue weighted by molar-refractivity contribution is 0.182. The summed E-state index contributed by atoms with van der Waals surface area (Å²) in [5.74, 6) is 0. The summed E-state index contributed by atoms with van der Waals surface area (Å²) in [4.78, 5) is 2.36. The van der Waals surface area contributed by atoms with Crippen LogP contribution in [0.15, 0.2) is 18.2 Å². The van der Waals surface area contributed by atoms with E-state index in [1.54, 1.807) is 7.11 Å². The maximum atomic E-state index is 6.31. The lowest BCUT2D eigenvalue weighted by Gasteiger charge is -2.38. The molecule has 2 N–H and O–H groups in total. The molecule has 1 fully saturated rings. The number of piperidine rings is 1. The van der Waals surface area contributed by atoms with Crippen LogP contribution in [0.25, 0.3) is 0 Å². The smallest absolute Gasteiger partial charge is 0.0791 e. The minimum Gasteiger partial charge on any atom is -0.397 e. The first kappa shape index (κ1) is 13.5. The molecule has 1 aromatic rings. The molecule has 0 aromatic heterocycles. The Balaban J connectivity index is 2.22. The maximum absolute atomic E-state index is 6.31. The molecular weight excluding hydrogens is 248 g/mol. The van der Waals surface area contributed by atoms with E-state index in [0.717, 1.165) is 36.0 Å². The monoisotopic (exact) mass is 268 g/mol. The van der Waals surface area contributed by atoms with Crippen molar-refractivity contribution in [3.63, 3.8) is 0 Å². The molecule has 0 aliphatic carbocycles. The molecule has 0 amide bonds. The van der Waals surface area contributed by atoms with Crippen LogP contribution in [0.3, 0.4) is 0 Å². The van der Waals surface area contributed by atoms with Gasteiger partial charge in [0.15, 0.2) is 0 Å². The van der Waals surface area contributed by atoms with E-state index in [1.165, 1.54) is 19.3 Å². The van der Waals surface area contributed by atoms with Crippen molar-refractivity contribution < 1.29 is 4.74 Å². The number of hydrogen-bond donors (Lipinski definition) is 1. The third-order valence-electron chi connectivity index (χ3n) is 3.59. The molecule has 1 aromatic carbocycles. The second-order valence-electron chi connectivity index (χ2n) is 4.80. The maximum Gasteiger partial charge on any atom is 0.0791 e. The average Bonchev–Trinajstić information content (AvgIpc) is 2.37. The molecule has 1 aliphatic rings. The summed E-state index contributed by atoms with van der Waals surface area (Å²) < 4.78 is 5.20. The molecule has 1 unspecified atom stereocenters. The fourth-order valence-corrected chi connectivity index (χ4v) is 2.97. The van der Waals surface area contributed by atoms with Crippen molar-refractivity contribution in [1.29, 1.82) is 0 Å². The van der Waals surface area contributed by atoms with E-state index in [-0.39, 0.29) is 0 Å². The van der Waals surface area contributed by atoms with Crippen molar-refractivity contribution >= 4 is 23.0 Å². The van der Waals surface area contributed by atoms with Crippen molar-refractivity contribution in [3.05, 3.63) is 23.2 Å². The van der Waals surface area contributed by atoms with Gasteiger partial charge in [-0.25, -0.2) is 0 Å². The number of nitrogens with two attached hydrogens (primary N) is 1. The Labute approximate surface area is 114 Å². The van der Waals surface area contributed by atoms with E-state index in [9.17, 15) is 0 Å². The van der Waals surface area contributed by atoms with Gasteiger partial charge in [-0.15, -0.1) is 0 Å². The van der Waals surface area contributed by atoms with Crippen molar-refractivity contribution in [2.24, 2.45) is 0 Å². The normalized spacial score (nSPS) is 20.1. The molecule has 2 rings (SSSR count). The summed E-state index contributed by atoms with van der Waals surface area (Å²) in [5, 5.41) is 0.749. The van der Waals surface area contributed by atoms with Gasteiger partial charge in [-0.1, -0.05) is 17.7 Å². The first-order valence-electron chi connectivity index (χ1n) is 6.53. The molecule has 0 bridgehead atoms. The molecule has 1 heterocycles. The Morgan fingerprint density at radius 2 is 2.28 bits per heavy atom. The highest BCUT2D eigenvalue weighted by Gasteiger charge is 2.25. The number of halogens is 1. The minimum atomic E-state index is 0.487. The number of rotatable bonds is 4. The first-order chi connectivity index (χ1) is 8.74. The van der Waals surface area contributed by atoms with Crippen molar-refractivity contribution in [1.82, 2.24) is 0 Å². The lowest BCUT2D eigenvalue weighted by atomic mass is 9.98. The molecule has 3 nitrogen and oxygen atoms in total. The molecule has 0 radical (unpaired) electrons. The molecule has 1 atom stereocenters. The predicted molar refractivity (Wildman–Crippen MR) is 77.3 cm³/mol. The number of anilines is 2. The van der Waals surface area contributed by atoms with Gasteiger partial charge in [-0.2, -0.15) is 0 Å². The summed E-state index contributed by atoms with van der Waals surface area (Å²) >= 11 is 6.31. The SMILES string of the molecule is COCCC1CCCCN1c1c(N)cccc1Cl. The van der Waals surface area contributed by atoms with Crippen molar-refractivity contribution in [3.8, 4) is 0 Å². The number of benzene rings is 1. The molecule has 0 saturated carbocycles. The van der Waals surface area contributed by atoms with Crippen molar-refractivity contribution in [2.45, 2.75) is 31.7 Å². The third kappa shape index (κ3) is 2.90. The average molecular weight is 269 g/mol. The van der Waals surface area contributed by atoms with Crippen LogP contribution in [0, 0.1) is 0 Å². The zero-order chi connectivity index (χ0) is 13.0. The Bertz CT molecular complexity index is 377. The van der Waals surface area contributed by atoms with Crippen LogP contribution in [-0.4, -0.2) is 26.3 Å². The zero-order valence-corrected chi connectivity index (χ0v) is 11.6. The summed E-state index contributed by atoms with van der Waals surface area (Å²) in [5.41, 5.74) is 7.86. The minimum absolute atomic E-state index is 0.487. The largest absolute Gasteiger partial charge is 0.397 e. The van der Waals surface area contributed by atoms with Crippen LogP contribution in [0.2, 0.25) is 5.02 Å². The number of ether oxygens (including phenoxy) is 1. The van der Waals surface area contributed by atoms with Crippen LogP contribution >= 0.6 is 11.6 Å². The number of hydrogen-bond acceptors (Lipinski definition) is 3. The zero-order valence-electron chi connectivity index (χ0n) is 10.9. The van der Waals surface area contributed by atoms with Gasteiger partial charge in [-0.05, 0) is 37.8 Å². The summed E-state index contributed by atoms with van der Waals surface area (Å²) in [6.07, 6.45) is 4.69. The van der Waals surface area contributed by atoms with Gasteiger partial charge in [0.05, 0.1) is 16.4 Å². The highest BCUT2D eigenvalue weighted by atomic mass is 35.5. The van der Waals surface area contributed by atoms with Crippen LogP contribution < -0.4 is 10.6 Å². The number of nitrogen functional groups attached to an aromatic ring is 1. The van der Waals surface area contributed by atoms with Crippen molar-refractivity contribution in [2.75, 3.05) is 30.9 Å². The second kappa shape index (κ2) is 6.30. The molecule has 4 heteroatoms. The molecule has 1 saturated heterocycles. The summed E-state index contributed by atoms with van der Waals surface area (Å²) in [6, 6.07) is 6.22. The quantitative estimate of drug-likeness (QED) is 0.852. The Kier molecular flexibility index (Phi) is 4.72. The second-order valence-corrected chi connectivity index (χ2v) is 5.21. The number of para-hydroxylation sites is 1. The summed E-state index contributed by atoms with van der Waals surface area (Å²) in [7, 11) is 1.75. The van der Waals surface area contributed by atoms with Gasteiger partial charge in [0.2, 0.25) is 0 Å². The fraction of sp³-hybridized carbons (Fsp3) is 0.571. The Hall–Kier alpha value is -0.930. The van der Waals surface area contributed by atoms with E-state index in [1.807, 2.05) is 18.2 Å².